The fourth-order valence-electron chi connectivity index (χ4n) is 1.67. The lowest BCUT2D eigenvalue weighted by molar-refractivity contribution is -0.118. The highest BCUT2D eigenvalue weighted by Gasteiger charge is 2.09. The highest BCUT2D eigenvalue weighted by Crippen LogP contribution is 2.16. The van der Waals surface area contributed by atoms with Crippen molar-refractivity contribution >= 4 is 29.0 Å². The van der Waals surface area contributed by atoms with Crippen LogP contribution in [0.15, 0.2) is 28.9 Å². The molecule has 108 valence electrons. The molecule has 7 heteroatoms. The summed E-state index contributed by atoms with van der Waals surface area (Å²) in [6.45, 7) is 0.611. The van der Waals surface area contributed by atoms with Crippen molar-refractivity contribution < 1.29 is 9.90 Å². The monoisotopic (exact) mass is 311 g/mol. The predicted octanol–water partition coefficient (Wildman–Crippen LogP) is 1.42. The van der Waals surface area contributed by atoms with Crippen LogP contribution < -0.4 is 5.32 Å². The van der Waals surface area contributed by atoms with Crippen LogP contribution in [0.4, 0.5) is 0 Å². The first kappa shape index (κ1) is 15.1. The Labute approximate surface area is 126 Å². The van der Waals surface area contributed by atoms with Gasteiger partial charge in [0.2, 0.25) is 5.91 Å². The molecule has 0 fully saturated rings. The Balaban J connectivity index is 1.70. The van der Waals surface area contributed by atoms with Crippen molar-refractivity contribution in [3.05, 3.63) is 34.3 Å². The molecular formula is C13H17N3O2S2. The van der Waals surface area contributed by atoms with E-state index in [0.717, 1.165) is 17.3 Å². The van der Waals surface area contributed by atoms with Crippen molar-refractivity contribution in [3.8, 4) is 0 Å². The number of imidazole rings is 1. The number of aliphatic hydroxyl groups excluding tert-OH is 1. The first-order chi connectivity index (χ1) is 9.70. The van der Waals surface area contributed by atoms with Gasteiger partial charge in [0.25, 0.3) is 0 Å². The molecule has 2 N–H and O–H groups in total. The van der Waals surface area contributed by atoms with E-state index in [9.17, 15) is 4.79 Å². The number of thioether (sulfide) groups is 1. The summed E-state index contributed by atoms with van der Waals surface area (Å²) in [5.41, 5.74) is 0.741. The number of amides is 1. The molecule has 0 saturated carbocycles. The lowest BCUT2D eigenvalue weighted by Crippen LogP contribution is -2.27. The summed E-state index contributed by atoms with van der Waals surface area (Å²) in [5.74, 6) is 0.334. The predicted molar refractivity (Wildman–Crippen MR) is 80.9 cm³/mol. The van der Waals surface area contributed by atoms with Crippen molar-refractivity contribution in [3.63, 3.8) is 0 Å². The summed E-state index contributed by atoms with van der Waals surface area (Å²) in [4.78, 5) is 17.2. The van der Waals surface area contributed by atoms with Gasteiger partial charge in [-0.1, -0.05) is 17.8 Å². The van der Waals surface area contributed by atoms with E-state index >= 15 is 0 Å². The summed E-state index contributed by atoms with van der Waals surface area (Å²) in [6, 6.07) is 4.08. The van der Waals surface area contributed by atoms with Gasteiger partial charge in [0.05, 0.1) is 24.3 Å². The lowest BCUT2D eigenvalue weighted by Gasteiger charge is -2.05. The smallest absolute Gasteiger partial charge is 0.230 e. The summed E-state index contributed by atoms with van der Waals surface area (Å²) >= 11 is 3.07. The van der Waals surface area contributed by atoms with E-state index in [2.05, 4.69) is 16.4 Å². The van der Waals surface area contributed by atoms with Gasteiger partial charge >= 0.3 is 0 Å². The fourth-order valence-corrected chi connectivity index (χ4v) is 3.18. The number of carbonyl (C=O) groups is 1. The standard InChI is InChI=1S/C13H17N3O2S2/c1-16-10(8-17)7-15-13(16)20-9-12(18)14-5-4-11-3-2-6-19-11/h2-3,6-7,17H,4-5,8-9H2,1H3,(H,14,18). The van der Waals surface area contributed by atoms with Crippen LogP contribution in [-0.4, -0.2) is 32.9 Å². The zero-order chi connectivity index (χ0) is 14.4. The molecule has 2 rings (SSSR count). The molecular weight excluding hydrogens is 294 g/mol. The molecule has 2 aromatic rings. The van der Waals surface area contributed by atoms with Gasteiger partial charge in [-0.15, -0.1) is 11.3 Å². The summed E-state index contributed by atoms with van der Waals surface area (Å²) in [6.07, 6.45) is 2.49. The summed E-state index contributed by atoms with van der Waals surface area (Å²) in [5, 5.41) is 14.7. The Bertz CT molecular complexity index is 552. The van der Waals surface area contributed by atoms with Crippen LogP contribution in [0.1, 0.15) is 10.6 Å². The maximum absolute atomic E-state index is 11.7. The van der Waals surface area contributed by atoms with Crippen LogP contribution in [0.2, 0.25) is 0 Å². The van der Waals surface area contributed by atoms with Crippen molar-refractivity contribution in [2.24, 2.45) is 7.05 Å². The highest BCUT2D eigenvalue weighted by atomic mass is 32.2. The van der Waals surface area contributed by atoms with Crippen molar-refractivity contribution in [1.82, 2.24) is 14.9 Å². The van der Waals surface area contributed by atoms with Crippen LogP contribution in [0.25, 0.3) is 0 Å². The second kappa shape index (κ2) is 7.47. The van der Waals surface area contributed by atoms with E-state index in [1.165, 1.54) is 16.6 Å². The minimum Gasteiger partial charge on any atom is -0.390 e. The van der Waals surface area contributed by atoms with Gasteiger partial charge in [0.1, 0.15) is 0 Å². The molecule has 0 aliphatic heterocycles. The number of aliphatic hydroxyl groups is 1. The maximum atomic E-state index is 11.7. The van der Waals surface area contributed by atoms with E-state index in [4.69, 9.17) is 5.11 Å². The van der Waals surface area contributed by atoms with Crippen LogP contribution in [0.3, 0.4) is 0 Å². The van der Waals surface area contributed by atoms with Crippen LogP contribution in [0, 0.1) is 0 Å². The SMILES string of the molecule is Cn1c(CO)cnc1SCC(=O)NCCc1cccs1. The average molecular weight is 311 g/mol. The Morgan fingerprint density at radius 2 is 2.45 bits per heavy atom. The molecule has 0 radical (unpaired) electrons. The number of thiophene rings is 1. The second-order valence-corrected chi connectivity index (χ2v) is 6.19. The topological polar surface area (TPSA) is 67.1 Å². The quantitative estimate of drug-likeness (QED) is 0.759. The van der Waals surface area contributed by atoms with Gasteiger partial charge < -0.3 is 15.0 Å². The van der Waals surface area contributed by atoms with Gasteiger partial charge in [0.15, 0.2) is 5.16 Å². The molecule has 1 amide bonds. The normalized spacial score (nSPS) is 10.7. The fraction of sp³-hybridized carbons (Fsp3) is 0.385. The lowest BCUT2D eigenvalue weighted by atomic mass is 10.3. The largest absolute Gasteiger partial charge is 0.390 e. The molecule has 0 saturated heterocycles. The molecule has 20 heavy (non-hydrogen) atoms. The minimum atomic E-state index is -0.0446. The average Bonchev–Trinajstić information content (AvgIpc) is 3.06. The first-order valence-corrected chi connectivity index (χ1v) is 8.10. The third kappa shape index (κ3) is 4.09. The number of carbonyl (C=O) groups excluding carboxylic acids is 1. The van der Waals surface area contributed by atoms with Gasteiger partial charge in [-0.25, -0.2) is 4.98 Å². The minimum absolute atomic E-state index is 0.0000968. The van der Waals surface area contributed by atoms with Crippen LogP contribution >= 0.6 is 23.1 Å². The van der Waals surface area contributed by atoms with Gasteiger partial charge in [-0.05, 0) is 17.9 Å². The molecule has 2 heterocycles. The van der Waals surface area contributed by atoms with E-state index in [-0.39, 0.29) is 12.5 Å². The van der Waals surface area contributed by atoms with Gasteiger partial charge in [-0.3, -0.25) is 4.79 Å². The molecule has 0 unspecified atom stereocenters. The highest BCUT2D eigenvalue weighted by molar-refractivity contribution is 7.99. The van der Waals surface area contributed by atoms with Gasteiger partial charge in [0, 0.05) is 18.5 Å². The van der Waals surface area contributed by atoms with E-state index < -0.39 is 0 Å². The van der Waals surface area contributed by atoms with E-state index in [1.807, 2.05) is 18.5 Å². The molecule has 0 aliphatic rings. The van der Waals surface area contributed by atoms with Crippen LogP contribution in [0.5, 0.6) is 0 Å². The number of nitrogens with one attached hydrogen (secondary N) is 1. The zero-order valence-corrected chi connectivity index (χ0v) is 12.8. The maximum Gasteiger partial charge on any atom is 0.230 e. The number of nitrogens with zero attached hydrogens (tertiary/aromatic N) is 2. The molecule has 0 bridgehead atoms. The Hall–Kier alpha value is -1.31. The van der Waals surface area contributed by atoms with Gasteiger partial charge in [-0.2, -0.15) is 0 Å². The molecule has 0 aromatic carbocycles. The number of rotatable bonds is 7. The molecule has 0 atom stereocenters. The third-order valence-corrected chi connectivity index (χ3v) is 4.79. The summed E-state index contributed by atoms with van der Waals surface area (Å²) in [7, 11) is 1.83. The number of hydrogen-bond donors (Lipinski definition) is 2. The van der Waals surface area contributed by atoms with E-state index in [1.54, 1.807) is 22.1 Å². The van der Waals surface area contributed by atoms with Crippen molar-refractivity contribution in [2.75, 3.05) is 12.3 Å². The molecule has 0 aliphatic carbocycles. The molecule has 2 aromatic heterocycles. The molecule has 0 spiro atoms. The Kier molecular flexibility index (Phi) is 5.63. The van der Waals surface area contributed by atoms with Crippen molar-refractivity contribution in [2.45, 2.75) is 18.2 Å². The van der Waals surface area contributed by atoms with Crippen molar-refractivity contribution in [1.29, 1.82) is 0 Å². The Morgan fingerprint density at radius 3 is 3.10 bits per heavy atom. The zero-order valence-electron chi connectivity index (χ0n) is 11.2. The first-order valence-electron chi connectivity index (χ1n) is 6.24. The number of hydrogen-bond acceptors (Lipinski definition) is 5. The summed E-state index contributed by atoms with van der Waals surface area (Å²) < 4.78 is 1.80. The third-order valence-electron chi connectivity index (χ3n) is 2.81. The second-order valence-electron chi connectivity index (χ2n) is 4.22. The Morgan fingerprint density at radius 1 is 1.60 bits per heavy atom. The van der Waals surface area contributed by atoms with E-state index in [0.29, 0.717) is 12.3 Å². The molecule has 5 nitrogen and oxygen atoms in total. The number of aromatic nitrogens is 2. The van der Waals surface area contributed by atoms with Crippen LogP contribution in [-0.2, 0) is 24.9 Å².